The summed E-state index contributed by atoms with van der Waals surface area (Å²) in [4.78, 5) is 10.6. The van der Waals surface area contributed by atoms with Gasteiger partial charge in [0.1, 0.15) is 6.07 Å². The van der Waals surface area contributed by atoms with E-state index >= 15 is 0 Å². The second-order valence-electron chi connectivity index (χ2n) is 2.20. The van der Waals surface area contributed by atoms with Gasteiger partial charge < -0.3 is 5.11 Å². The largest absolute Gasteiger partial charge is 0.478 e. The van der Waals surface area contributed by atoms with Crippen LogP contribution in [0.5, 0.6) is 0 Å². The molecule has 3 nitrogen and oxygen atoms in total. The Kier molecular flexibility index (Phi) is 2.91. The van der Waals surface area contributed by atoms with Gasteiger partial charge in [-0.1, -0.05) is 11.6 Å². The number of nitrogens with zero attached hydrogens (tertiary/aromatic N) is 1. The van der Waals surface area contributed by atoms with Crippen molar-refractivity contribution in [3.63, 3.8) is 0 Å². The number of carboxylic acid groups (broad SMARTS) is 1. The smallest absolute Gasteiger partial charge is 0.337 e. The Hall–Kier alpha value is -1.05. The molecule has 1 aromatic rings. The van der Waals surface area contributed by atoms with Gasteiger partial charge in [-0.2, -0.15) is 5.26 Å². The van der Waals surface area contributed by atoms with Crippen LogP contribution in [0, 0.1) is 11.3 Å². The predicted molar refractivity (Wildman–Crippen MR) is 50.8 cm³/mol. The molecule has 13 heavy (non-hydrogen) atoms. The molecule has 0 saturated carbocycles. The van der Waals surface area contributed by atoms with Gasteiger partial charge in [0.25, 0.3) is 0 Å². The van der Waals surface area contributed by atoms with Gasteiger partial charge in [0.2, 0.25) is 0 Å². The Labute approximate surface area is 87.7 Å². The fraction of sp³-hybridized carbons (Fsp3) is 0. The van der Waals surface area contributed by atoms with Crippen LogP contribution in [0.3, 0.4) is 0 Å². The molecule has 5 heteroatoms. The van der Waals surface area contributed by atoms with E-state index in [0.29, 0.717) is 4.47 Å². The summed E-state index contributed by atoms with van der Waals surface area (Å²) in [6.45, 7) is 0. The second-order valence-corrected chi connectivity index (χ2v) is 3.43. The van der Waals surface area contributed by atoms with Crippen LogP contribution < -0.4 is 0 Å². The lowest BCUT2D eigenvalue weighted by molar-refractivity contribution is 0.0697. The fourth-order valence-electron chi connectivity index (χ4n) is 0.820. The third-order valence-electron chi connectivity index (χ3n) is 1.43. The zero-order valence-corrected chi connectivity index (χ0v) is 8.56. The Bertz CT molecular complexity index is 411. The number of hydrogen-bond donors (Lipinski definition) is 1. The summed E-state index contributed by atoms with van der Waals surface area (Å²) in [5, 5.41) is 17.3. The minimum atomic E-state index is -1.14. The maximum absolute atomic E-state index is 10.6. The van der Waals surface area contributed by atoms with Crippen molar-refractivity contribution in [2.75, 3.05) is 0 Å². The zero-order valence-electron chi connectivity index (χ0n) is 6.21. The van der Waals surface area contributed by atoms with Crippen LogP contribution in [0.4, 0.5) is 0 Å². The first-order chi connectivity index (χ1) is 6.07. The molecule has 0 saturated heterocycles. The summed E-state index contributed by atoms with van der Waals surface area (Å²) in [6, 6.07) is 4.64. The molecule has 0 bridgehead atoms. The minimum Gasteiger partial charge on any atom is -0.478 e. The molecule has 0 atom stereocenters. The van der Waals surface area contributed by atoms with Crippen molar-refractivity contribution in [2.45, 2.75) is 0 Å². The van der Waals surface area contributed by atoms with Crippen LogP contribution in [-0.2, 0) is 0 Å². The van der Waals surface area contributed by atoms with Crippen molar-refractivity contribution in [3.05, 3.63) is 32.8 Å². The SMILES string of the molecule is N#Cc1c(Br)ccc(C(=O)O)c1Cl. The molecular formula is C8H3BrClNO2. The summed E-state index contributed by atoms with van der Waals surface area (Å²) in [6.07, 6.45) is 0. The predicted octanol–water partition coefficient (Wildman–Crippen LogP) is 2.67. The highest BCUT2D eigenvalue weighted by molar-refractivity contribution is 9.10. The van der Waals surface area contributed by atoms with E-state index in [1.807, 2.05) is 6.07 Å². The first-order valence-electron chi connectivity index (χ1n) is 3.19. The first-order valence-corrected chi connectivity index (χ1v) is 4.36. The van der Waals surface area contributed by atoms with Crippen molar-refractivity contribution in [2.24, 2.45) is 0 Å². The molecule has 0 heterocycles. The fourth-order valence-corrected chi connectivity index (χ4v) is 1.64. The van der Waals surface area contributed by atoms with E-state index < -0.39 is 5.97 Å². The summed E-state index contributed by atoms with van der Waals surface area (Å²) < 4.78 is 0.491. The highest BCUT2D eigenvalue weighted by atomic mass is 79.9. The van der Waals surface area contributed by atoms with Crippen molar-refractivity contribution < 1.29 is 9.90 Å². The molecule has 1 aromatic carbocycles. The van der Waals surface area contributed by atoms with E-state index in [-0.39, 0.29) is 16.1 Å². The van der Waals surface area contributed by atoms with E-state index in [4.69, 9.17) is 22.0 Å². The lowest BCUT2D eigenvalue weighted by atomic mass is 10.1. The van der Waals surface area contributed by atoms with Gasteiger partial charge in [-0.15, -0.1) is 0 Å². The van der Waals surface area contributed by atoms with E-state index in [0.717, 1.165) is 0 Å². The summed E-state index contributed by atoms with van der Waals surface area (Å²) in [5.74, 6) is -1.14. The van der Waals surface area contributed by atoms with Gasteiger partial charge in [0.05, 0.1) is 16.1 Å². The number of halogens is 2. The van der Waals surface area contributed by atoms with E-state index in [1.165, 1.54) is 12.1 Å². The summed E-state index contributed by atoms with van der Waals surface area (Å²) >= 11 is 8.77. The van der Waals surface area contributed by atoms with Crippen molar-refractivity contribution in [3.8, 4) is 6.07 Å². The van der Waals surface area contributed by atoms with E-state index in [2.05, 4.69) is 15.9 Å². The van der Waals surface area contributed by atoms with Crippen molar-refractivity contribution in [1.82, 2.24) is 0 Å². The highest BCUT2D eigenvalue weighted by Crippen LogP contribution is 2.27. The third kappa shape index (κ3) is 1.82. The molecule has 0 aromatic heterocycles. The highest BCUT2D eigenvalue weighted by Gasteiger charge is 2.14. The van der Waals surface area contributed by atoms with Gasteiger partial charge in [0, 0.05) is 4.47 Å². The quantitative estimate of drug-likeness (QED) is 0.844. The maximum atomic E-state index is 10.6. The molecule has 1 N–H and O–H groups in total. The number of benzene rings is 1. The Morgan fingerprint density at radius 2 is 2.23 bits per heavy atom. The zero-order chi connectivity index (χ0) is 10.0. The van der Waals surface area contributed by atoms with Gasteiger partial charge in [-0.05, 0) is 28.1 Å². The number of aromatic carboxylic acids is 1. The van der Waals surface area contributed by atoms with Gasteiger partial charge in [-0.3, -0.25) is 0 Å². The standard InChI is InChI=1S/C8H3BrClNO2/c9-6-2-1-4(8(12)13)7(10)5(6)3-11/h1-2H,(H,12,13). The first kappa shape index (κ1) is 10.0. The minimum absolute atomic E-state index is 0.0376. The Balaban J connectivity index is 3.47. The van der Waals surface area contributed by atoms with Gasteiger partial charge >= 0.3 is 5.97 Å². The molecule has 0 aliphatic carbocycles. The van der Waals surface area contributed by atoms with Gasteiger partial charge in [-0.25, -0.2) is 4.79 Å². The van der Waals surface area contributed by atoms with Crippen LogP contribution in [-0.4, -0.2) is 11.1 Å². The average Bonchev–Trinajstić information content (AvgIpc) is 2.04. The molecule has 0 unspecified atom stereocenters. The van der Waals surface area contributed by atoms with Crippen LogP contribution in [0.25, 0.3) is 0 Å². The average molecular weight is 260 g/mol. The molecule has 1 rings (SSSR count). The van der Waals surface area contributed by atoms with Crippen LogP contribution in [0.15, 0.2) is 16.6 Å². The number of hydrogen-bond acceptors (Lipinski definition) is 2. The van der Waals surface area contributed by atoms with E-state index in [9.17, 15) is 4.79 Å². The van der Waals surface area contributed by atoms with E-state index in [1.54, 1.807) is 0 Å². The Morgan fingerprint density at radius 3 is 2.69 bits per heavy atom. The third-order valence-corrected chi connectivity index (χ3v) is 2.49. The maximum Gasteiger partial charge on any atom is 0.337 e. The molecule has 0 aliphatic rings. The molecule has 0 amide bonds. The normalized spacial score (nSPS) is 9.31. The lowest BCUT2D eigenvalue weighted by Gasteiger charge is -2.01. The molecule has 0 radical (unpaired) electrons. The van der Waals surface area contributed by atoms with Crippen LogP contribution >= 0.6 is 27.5 Å². The van der Waals surface area contributed by atoms with Crippen molar-refractivity contribution in [1.29, 1.82) is 5.26 Å². The number of carboxylic acids is 1. The molecule has 66 valence electrons. The summed E-state index contributed by atoms with van der Waals surface area (Å²) in [7, 11) is 0. The number of nitriles is 1. The molecular weight excluding hydrogens is 257 g/mol. The topological polar surface area (TPSA) is 61.1 Å². The monoisotopic (exact) mass is 259 g/mol. The molecule has 0 fully saturated rings. The summed E-state index contributed by atoms with van der Waals surface area (Å²) in [5.41, 5.74) is 0.0722. The Morgan fingerprint density at radius 1 is 1.62 bits per heavy atom. The number of carbonyl (C=O) groups is 1. The molecule has 0 spiro atoms. The molecule has 0 aliphatic heterocycles. The van der Waals surface area contributed by atoms with Crippen LogP contribution in [0.1, 0.15) is 15.9 Å². The van der Waals surface area contributed by atoms with Gasteiger partial charge in [0.15, 0.2) is 0 Å². The van der Waals surface area contributed by atoms with Crippen LogP contribution in [0.2, 0.25) is 5.02 Å². The van der Waals surface area contributed by atoms with Crippen molar-refractivity contribution >= 4 is 33.5 Å². The lowest BCUT2D eigenvalue weighted by Crippen LogP contribution is -1.98. The number of rotatable bonds is 1. The second kappa shape index (κ2) is 3.77.